The van der Waals surface area contributed by atoms with E-state index in [-0.39, 0.29) is 17.4 Å². The van der Waals surface area contributed by atoms with Gasteiger partial charge in [0.2, 0.25) is 0 Å². The second-order valence-electron chi connectivity index (χ2n) is 7.98. The van der Waals surface area contributed by atoms with Crippen LogP contribution in [0, 0.1) is 17.6 Å². The summed E-state index contributed by atoms with van der Waals surface area (Å²) in [5.41, 5.74) is 9.00. The van der Waals surface area contributed by atoms with Gasteiger partial charge in [0.05, 0.1) is 5.56 Å². The summed E-state index contributed by atoms with van der Waals surface area (Å²) < 4.78 is 28.2. The van der Waals surface area contributed by atoms with Gasteiger partial charge in [0.1, 0.15) is 11.6 Å². The Hall–Kier alpha value is -2.93. The molecule has 1 saturated heterocycles. The smallest absolute Gasteiger partial charge is 0.165 e. The zero-order chi connectivity index (χ0) is 21.1. The maximum absolute atomic E-state index is 14.1. The standard InChI is InChI=1S/C23H25F2N5/c1-15-11-17(26)14-30(13-15)21-8-9-27-12-16(21)5-6-18-7-10-28-23(29-18)22-19(24)3-2-4-20(22)25/h2-4,7-10,12,15,17H,5-6,11,13-14,26H2,1H3/t15-,17+/m1/s1. The summed E-state index contributed by atoms with van der Waals surface area (Å²) in [6.07, 6.45) is 7.57. The van der Waals surface area contributed by atoms with E-state index in [0.717, 1.165) is 36.5 Å². The largest absolute Gasteiger partial charge is 0.369 e. The van der Waals surface area contributed by atoms with Crippen LogP contribution >= 0.6 is 0 Å². The molecule has 1 aliphatic heterocycles. The molecule has 3 aromatic rings. The molecule has 2 N–H and O–H groups in total. The topological polar surface area (TPSA) is 67.9 Å². The Morgan fingerprint density at radius 2 is 1.87 bits per heavy atom. The Balaban J connectivity index is 1.54. The minimum absolute atomic E-state index is 0.0605. The number of pyridine rings is 1. The summed E-state index contributed by atoms with van der Waals surface area (Å²) in [5, 5.41) is 0. The second kappa shape index (κ2) is 8.83. The molecule has 5 nitrogen and oxygen atoms in total. The van der Waals surface area contributed by atoms with Crippen LogP contribution in [0.4, 0.5) is 14.5 Å². The lowest BCUT2D eigenvalue weighted by atomic mass is 9.95. The molecule has 0 amide bonds. The van der Waals surface area contributed by atoms with E-state index < -0.39 is 11.6 Å². The summed E-state index contributed by atoms with van der Waals surface area (Å²) in [6, 6.07) is 7.71. The second-order valence-corrected chi connectivity index (χ2v) is 7.98. The lowest BCUT2D eigenvalue weighted by Crippen LogP contribution is -2.46. The quantitative estimate of drug-likeness (QED) is 0.695. The number of nitrogens with two attached hydrogens (primary N) is 1. The van der Waals surface area contributed by atoms with Gasteiger partial charge in [0, 0.05) is 49.1 Å². The SMILES string of the molecule is C[C@@H]1C[C@H](N)CN(c2ccncc2CCc2ccnc(-c3c(F)cccc3F)n2)C1. The minimum atomic E-state index is -0.669. The average molecular weight is 409 g/mol. The van der Waals surface area contributed by atoms with Crippen LogP contribution in [-0.2, 0) is 12.8 Å². The van der Waals surface area contributed by atoms with Gasteiger partial charge in [-0.15, -0.1) is 0 Å². The molecule has 2 aromatic heterocycles. The first-order valence-corrected chi connectivity index (χ1v) is 10.2. The number of aromatic nitrogens is 3. The van der Waals surface area contributed by atoms with Crippen LogP contribution in [0.25, 0.3) is 11.4 Å². The molecular weight excluding hydrogens is 384 g/mol. The zero-order valence-corrected chi connectivity index (χ0v) is 16.9. The van der Waals surface area contributed by atoms with Gasteiger partial charge in [-0.25, -0.2) is 18.7 Å². The Bertz CT molecular complexity index is 996. The molecule has 4 rings (SSSR count). The van der Waals surface area contributed by atoms with Crippen LogP contribution in [0.15, 0.2) is 48.9 Å². The van der Waals surface area contributed by atoms with Crippen molar-refractivity contribution in [3.8, 4) is 11.4 Å². The van der Waals surface area contributed by atoms with Crippen LogP contribution in [0.2, 0.25) is 0 Å². The highest BCUT2D eigenvalue weighted by Gasteiger charge is 2.24. The van der Waals surface area contributed by atoms with Crippen LogP contribution in [-0.4, -0.2) is 34.1 Å². The summed E-state index contributed by atoms with van der Waals surface area (Å²) in [7, 11) is 0. The number of nitrogens with zero attached hydrogens (tertiary/aromatic N) is 4. The van der Waals surface area contributed by atoms with Crippen molar-refractivity contribution in [1.82, 2.24) is 15.0 Å². The van der Waals surface area contributed by atoms with E-state index in [1.54, 1.807) is 18.5 Å². The molecule has 0 bridgehead atoms. The average Bonchev–Trinajstić information content (AvgIpc) is 2.72. The predicted octanol–water partition coefficient (Wildman–Crippen LogP) is 3.78. The van der Waals surface area contributed by atoms with Crippen molar-refractivity contribution in [3.05, 3.63) is 71.8 Å². The molecule has 0 saturated carbocycles. The van der Waals surface area contributed by atoms with Crippen molar-refractivity contribution in [3.63, 3.8) is 0 Å². The van der Waals surface area contributed by atoms with Crippen molar-refractivity contribution < 1.29 is 8.78 Å². The van der Waals surface area contributed by atoms with Crippen LogP contribution < -0.4 is 10.6 Å². The third kappa shape index (κ3) is 4.46. The Morgan fingerprint density at radius 3 is 2.63 bits per heavy atom. The van der Waals surface area contributed by atoms with Crippen LogP contribution in [0.3, 0.4) is 0 Å². The summed E-state index contributed by atoms with van der Waals surface area (Å²) in [5.74, 6) is -0.741. The fourth-order valence-corrected chi connectivity index (χ4v) is 4.15. The van der Waals surface area contributed by atoms with Crippen molar-refractivity contribution in [2.75, 3.05) is 18.0 Å². The van der Waals surface area contributed by atoms with Gasteiger partial charge in [0.25, 0.3) is 0 Å². The molecule has 2 atom stereocenters. The first-order chi connectivity index (χ1) is 14.5. The lowest BCUT2D eigenvalue weighted by molar-refractivity contribution is 0.401. The van der Waals surface area contributed by atoms with Crippen molar-refractivity contribution in [2.45, 2.75) is 32.2 Å². The molecule has 7 heteroatoms. The van der Waals surface area contributed by atoms with E-state index in [0.29, 0.717) is 18.8 Å². The number of halogens is 2. The molecule has 1 fully saturated rings. The van der Waals surface area contributed by atoms with Gasteiger partial charge in [-0.3, -0.25) is 4.98 Å². The number of benzene rings is 1. The summed E-state index contributed by atoms with van der Waals surface area (Å²) in [4.78, 5) is 15.1. The van der Waals surface area contributed by atoms with Crippen LogP contribution in [0.5, 0.6) is 0 Å². The number of aryl methyl sites for hydroxylation is 2. The third-order valence-electron chi connectivity index (χ3n) is 5.46. The highest BCUT2D eigenvalue weighted by Crippen LogP contribution is 2.27. The molecule has 156 valence electrons. The fourth-order valence-electron chi connectivity index (χ4n) is 4.15. The molecule has 0 spiro atoms. The van der Waals surface area contributed by atoms with Gasteiger partial charge in [-0.05, 0) is 55.0 Å². The van der Waals surface area contributed by atoms with Gasteiger partial charge < -0.3 is 10.6 Å². The number of hydrogen-bond donors (Lipinski definition) is 1. The monoisotopic (exact) mass is 409 g/mol. The highest BCUT2D eigenvalue weighted by molar-refractivity contribution is 5.57. The first-order valence-electron chi connectivity index (χ1n) is 10.2. The normalized spacial score (nSPS) is 19.1. The number of piperidine rings is 1. The van der Waals surface area contributed by atoms with Crippen LogP contribution in [0.1, 0.15) is 24.6 Å². The highest BCUT2D eigenvalue weighted by atomic mass is 19.1. The van der Waals surface area contributed by atoms with Gasteiger partial charge >= 0.3 is 0 Å². The van der Waals surface area contributed by atoms with Gasteiger partial charge in [-0.1, -0.05) is 13.0 Å². The van der Waals surface area contributed by atoms with Gasteiger partial charge in [0.15, 0.2) is 5.82 Å². The lowest BCUT2D eigenvalue weighted by Gasteiger charge is -2.37. The maximum Gasteiger partial charge on any atom is 0.165 e. The summed E-state index contributed by atoms with van der Waals surface area (Å²) >= 11 is 0. The Labute approximate surface area is 175 Å². The summed E-state index contributed by atoms with van der Waals surface area (Å²) in [6.45, 7) is 4.01. The van der Waals surface area contributed by atoms with Crippen molar-refractivity contribution in [2.24, 2.45) is 11.7 Å². The van der Waals surface area contributed by atoms with E-state index in [2.05, 4.69) is 26.8 Å². The first kappa shape index (κ1) is 20.3. The van der Waals surface area contributed by atoms with Gasteiger partial charge in [-0.2, -0.15) is 0 Å². The fraction of sp³-hybridized carbons (Fsp3) is 0.348. The zero-order valence-electron chi connectivity index (χ0n) is 16.9. The molecule has 30 heavy (non-hydrogen) atoms. The number of hydrogen-bond acceptors (Lipinski definition) is 5. The molecule has 1 aromatic carbocycles. The molecule has 0 aliphatic carbocycles. The predicted molar refractivity (Wildman–Crippen MR) is 113 cm³/mol. The van der Waals surface area contributed by atoms with Crippen molar-refractivity contribution in [1.29, 1.82) is 0 Å². The molecule has 1 aliphatic rings. The Morgan fingerprint density at radius 1 is 1.07 bits per heavy atom. The van der Waals surface area contributed by atoms with E-state index in [1.165, 1.54) is 18.2 Å². The molecule has 3 heterocycles. The number of anilines is 1. The van der Waals surface area contributed by atoms with E-state index >= 15 is 0 Å². The maximum atomic E-state index is 14.1. The van der Waals surface area contributed by atoms with E-state index in [4.69, 9.17) is 5.73 Å². The Kier molecular flexibility index (Phi) is 5.99. The van der Waals surface area contributed by atoms with E-state index in [1.807, 2.05) is 12.3 Å². The van der Waals surface area contributed by atoms with Crippen molar-refractivity contribution >= 4 is 5.69 Å². The molecule has 0 unspecified atom stereocenters. The minimum Gasteiger partial charge on any atom is -0.369 e. The number of rotatable bonds is 5. The molecule has 0 radical (unpaired) electrons. The van der Waals surface area contributed by atoms with E-state index in [9.17, 15) is 8.78 Å². The third-order valence-corrected chi connectivity index (χ3v) is 5.46. The molecular formula is C23H25F2N5.